The van der Waals surface area contributed by atoms with Gasteiger partial charge in [-0.05, 0) is 12.8 Å². The van der Waals surface area contributed by atoms with Gasteiger partial charge < -0.3 is 9.57 Å². The fourth-order valence-corrected chi connectivity index (χ4v) is 0.812. The van der Waals surface area contributed by atoms with Crippen molar-refractivity contribution < 1.29 is 9.57 Å². The van der Waals surface area contributed by atoms with Crippen molar-refractivity contribution in [3.63, 3.8) is 0 Å². The highest BCUT2D eigenvalue weighted by Gasteiger charge is 2.11. The summed E-state index contributed by atoms with van der Waals surface area (Å²) in [6.07, 6.45) is 2.12. The second-order valence-electron chi connectivity index (χ2n) is 1.95. The minimum atomic E-state index is 0.240. The maximum atomic E-state index is 5.07. The van der Waals surface area contributed by atoms with Gasteiger partial charge in [-0.1, -0.05) is 0 Å². The molecule has 0 unspecified atom stereocenters. The van der Waals surface area contributed by atoms with Crippen LogP contribution in [0.3, 0.4) is 0 Å². The number of rotatable bonds is 1. The Morgan fingerprint density at radius 3 is 2.38 bits per heavy atom. The molecule has 0 aliphatic carbocycles. The van der Waals surface area contributed by atoms with E-state index in [2.05, 4.69) is 4.84 Å². The van der Waals surface area contributed by atoms with E-state index in [9.17, 15) is 0 Å². The van der Waals surface area contributed by atoms with E-state index in [1.807, 2.05) is 0 Å². The van der Waals surface area contributed by atoms with E-state index in [0.29, 0.717) is 0 Å². The average Bonchev–Trinajstić information content (AvgIpc) is 1.90. The van der Waals surface area contributed by atoms with Gasteiger partial charge in [0.25, 0.3) is 0 Å². The molecule has 0 aromatic rings. The molecule has 0 spiro atoms. The third kappa shape index (κ3) is 1.43. The average molecular weight is 117 g/mol. The lowest BCUT2D eigenvalue weighted by molar-refractivity contribution is -0.0330. The molecule has 3 heteroatoms. The summed E-state index contributed by atoms with van der Waals surface area (Å²) in [6.45, 7) is 1.59. The molecule has 48 valence electrons. The van der Waals surface area contributed by atoms with Gasteiger partial charge in [0.05, 0.1) is 6.10 Å². The van der Waals surface area contributed by atoms with E-state index in [4.69, 9.17) is 10.6 Å². The molecule has 1 rings (SSSR count). The summed E-state index contributed by atoms with van der Waals surface area (Å²) in [6, 6.07) is 0. The van der Waals surface area contributed by atoms with Crippen molar-refractivity contribution in [2.24, 2.45) is 5.90 Å². The molecule has 0 amide bonds. The predicted molar refractivity (Wildman–Crippen MR) is 29.1 cm³/mol. The van der Waals surface area contributed by atoms with Crippen molar-refractivity contribution in [3.8, 4) is 0 Å². The summed E-state index contributed by atoms with van der Waals surface area (Å²) in [7, 11) is 0. The fraction of sp³-hybridized carbons (Fsp3) is 1.00. The molecule has 0 aromatic carbocycles. The van der Waals surface area contributed by atoms with Crippen LogP contribution < -0.4 is 5.90 Å². The van der Waals surface area contributed by atoms with E-state index in [0.717, 1.165) is 26.1 Å². The zero-order chi connectivity index (χ0) is 5.82. The minimum Gasteiger partial charge on any atom is -0.381 e. The zero-order valence-corrected chi connectivity index (χ0v) is 4.80. The van der Waals surface area contributed by atoms with Crippen LogP contribution in [0.5, 0.6) is 0 Å². The van der Waals surface area contributed by atoms with Crippen molar-refractivity contribution in [1.29, 1.82) is 0 Å². The third-order valence-corrected chi connectivity index (χ3v) is 1.36. The van der Waals surface area contributed by atoms with E-state index in [1.54, 1.807) is 0 Å². The Labute approximate surface area is 48.7 Å². The quantitative estimate of drug-likeness (QED) is 0.494. The van der Waals surface area contributed by atoms with Crippen molar-refractivity contribution in [3.05, 3.63) is 0 Å². The molecule has 1 heterocycles. The summed E-state index contributed by atoms with van der Waals surface area (Å²) >= 11 is 0. The molecule has 1 aliphatic heterocycles. The van der Waals surface area contributed by atoms with Gasteiger partial charge in [-0.2, -0.15) is 0 Å². The zero-order valence-electron chi connectivity index (χ0n) is 4.80. The molecule has 1 saturated heterocycles. The SMILES string of the molecule is NOC1CCOCC1. The highest BCUT2D eigenvalue weighted by molar-refractivity contribution is 4.60. The molecule has 1 aliphatic rings. The van der Waals surface area contributed by atoms with E-state index in [-0.39, 0.29) is 6.10 Å². The molecular formula is C5H11NO2. The van der Waals surface area contributed by atoms with E-state index < -0.39 is 0 Å². The lowest BCUT2D eigenvalue weighted by atomic mass is 10.2. The maximum Gasteiger partial charge on any atom is 0.0831 e. The lowest BCUT2D eigenvalue weighted by Gasteiger charge is -2.18. The number of hydrogen-bond donors (Lipinski definition) is 1. The largest absolute Gasteiger partial charge is 0.381 e. The smallest absolute Gasteiger partial charge is 0.0831 e. The van der Waals surface area contributed by atoms with Crippen molar-refractivity contribution >= 4 is 0 Å². The van der Waals surface area contributed by atoms with Crippen LogP contribution in [-0.2, 0) is 9.57 Å². The molecular weight excluding hydrogens is 106 g/mol. The number of hydrogen-bond acceptors (Lipinski definition) is 3. The van der Waals surface area contributed by atoms with Gasteiger partial charge in [-0.15, -0.1) is 0 Å². The second-order valence-corrected chi connectivity index (χ2v) is 1.95. The van der Waals surface area contributed by atoms with Crippen LogP contribution in [0.4, 0.5) is 0 Å². The standard InChI is InChI=1S/C5H11NO2/c6-8-5-1-3-7-4-2-5/h5H,1-4,6H2. The summed E-state index contributed by atoms with van der Waals surface area (Å²) in [5, 5.41) is 0. The molecule has 3 nitrogen and oxygen atoms in total. The van der Waals surface area contributed by atoms with Gasteiger partial charge in [0.2, 0.25) is 0 Å². The van der Waals surface area contributed by atoms with E-state index in [1.165, 1.54) is 0 Å². The first kappa shape index (κ1) is 6.01. The maximum absolute atomic E-state index is 5.07. The van der Waals surface area contributed by atoms with Gasteiger partial charge in [0, 0.05) is 13.2 Å². The lowest BCUT2D eigenvalue weighted by Crippen LogP contribution is -2.25. The first-order valence-corrected chi connectivity index (χ1v) is 2.87. The Morgan fingerprint density at radius 2 is 2.00 bits per heavy atom. The van der Waals surface area contributed by atoms with Crippen LogP contribution >= 0.6 is 0 Å². The van der Waals surface area contributed by atoms with Gasteiger partial charge in [0.15, 0.2) is 0 Å². The van der Waals surface area contributed by atoms with Gasteiger partial charge >= 0.3 is 0 Å². The molecule has 1 fully saturated rings. The van der Waals surface area contributed by atoms with Gasteiger partial charge in [-0.3, -0.25) is 0 Å². The highest BCUT2D eigenvalue weighted by atomic mass is 16.6. The van der Waals surface area contributed by atoms with Crippen LogP contribution in [0.1, 0.15) is 12.8 Å². The third-order valence-electron chi connectivity index (χ3n) is 1.36. The Balaban J connectivity index is 2.13. The van der Waals surface area contributed by atoms with Crippen LogP contribution in [0.15, 0.2) is 0 Å². The monoisotopic (exact) mass is 117 g/mol. The highest BCUT2D eigenvalue weighted by Crippen LogP contribution is 2.07. The molecule has 0 radical (unpaired) electrons. The van der Waals surface area contributed by atoms with Crippen LogP contribution in [-0.4, -0.2) is 19.3 Å². The first-order valence-electron chi connectivity index (χ1n) is 2.87. The molecule has 0 bridgehead atoms. The van der Waals surface area contributed by atoms with Crippen LogP contribution in [0.2, 0.25) is 0 Å². The Bertz CT molecular complexity index is 61.4. The molecule has 8 heavy (non-hydrogen) atoms. The van der Waals surface area contributed by atoms with Crippen molar-refractivity contribution in [1.82, 2.24) is 0 Å². The summed E-state index contributed by atoms with van der Waals surface area (Å²) in [4.78, 5) is 4.61. The Hall–Kier alpha value is -0.120. The predicted octanol–water partition coefficient (Wildman–Crippen LogP) is 0.0557. The van der Waals surface area contributed by atoms with Gasteiger partial charge in [0.1, 0.15) is 0 Å². The minimum absolute atomic E-state index is 0.240. The van der Waals surface area contributed by atoms with Crippen LogP contribution in [0, 0.1) is 0 Å². The van der Waals surface area contributed by atoms with Crippen molar-refractivity contribution in [2.75, 3.05) is 13.2 Å². The Morgan fingerprint density at radius 1 is 1.38 bits per heavy atom. The fourth-order valence-electron chi connectivity index (χ4n) is 0.812. The molecule has 0 saturated carbocycles. The second kappa shape index (κ2) is 3.02. The first-order chi connectivity index (χ1) is 3.93. The topological polar surface area (TPSA) is 44.5 Å². The molecule has 2 N–H and O–H groups in total. The summed E-state index contributed by atoms with van der Waals surface area (Å²) in [5.41, 5.74) is 0. The normalized spacial score (nSPS) is 23.6. The molecule has 0 aromatic heterocycles. The van der Waals surface area contributed by atoms with E-state index >= 15 is 0 Å². The summed E-state index contributed by atoms with van der Waals surface area (Å²) in [5.74, 6) is 4.95. The Kier molecular flexibility index (Phi) is 2.27. The van der Waals surface area contributed by atoms with Crippen LogP contribution in [0.25, 0.3) is 0 Å². The summed E-state index contributed by atoms with van der Waals surface area (Å²) < 4.78 is 5.07. The number of ether oxygens (including phenoxy) is 1. The van der Waals surface area contributed by atoms with Gasteiger partial charge in [-0.25, -0.2) is 5.90 Å². The van der Waals surface area contributed by atoms with Crippen molar-refractivity contribution in [2.45, 2.75) is 18.9 Å². The molecule has 0 atom stereocenters. The number of nitrogens with two attached hydrogens (primary N) is 1.